The summed E-state index contributed by atoms with van der Waals surface area (Å²) in [7, 11) is 0. The van der Waals surface area contributed by atoms with E-state index in [1.807, 2.05) is 20.8 Å². The van der Waals surface area contributed by atoms with E-state index in [-0.39, 0.29) is 29.9 Å². The normalized spacial score (nSPS) is 13.9. The standard InChI is InChI=1S/C15H22FNO3/c1-9(2)10(3)17-15(19)8-20-12-5-6-13(11(4)18)14(16)7-12/h5-7,9-11,18H,8H2,1-4H3,(H,17,19)/t10?,11-/m1/s1. The zero-order valence-corrected chi connectivity index (χ0v) is 12.3. The Morgan fingerprint density at radius 1 is 1.35 bits per heavy atom. The van der Waals surface area contributed by atoms with E-state index in [0.29, 0.717) is 5.92 Å². The minimum absolute atomic E-state index is 0.0560. The van der Waals surface area contributed by atoms with Crippen molar-refractivity contribution in [3.63, 3.8) is 0 Å². The molecule has 0 aliphatic heterocycles. The molecule has 112 valence electrons. The van der Waals surface area contributed by atoms with Gasteiger partial charge in [-0.05, 0) is 31.9 Å². The SMILES string of the molecule is CC(C)C(C)NC(=O)COc1ccc([C@@H](C)O)c(F)c1. The fraction of sp³-hybridized carbons (Fsp3) is 0.533. The Morgan fingerprint density at radius 3 is 2.50 bits per heavy atom. The minimum Gasteiger partial charge on any atom is -0.484 e. The van der Waals surface area contributed by atoms with Crippen LogP contribution in [0.2, 0.25) is 0 Å². The van der Waals surface area contributed by atoms with Crippen LogP contribution in [0.1, 0.15) is 39.4 Å². The number of halogens is 1. The second-order valence-corrected chi connectivity index (χ2v) is 5.25. The molecule has 4 nitrogen and oxygen atoms in total. The van der Waals surface area contributed by atoms with Crippen molar-refractivity contribution in [3.05, 3.63) is 29.6 Å². The first-order chi connectivity index (χ1) is 9.31. The monoisotopic (exact) mass is 283 g/mol. The van der Waals surface area contributed by atoms with Crippen LogP contribution < -0.4 is 10.1 Å². The van der Waals surface area contributed by atoms with E-state index in [9.17, 15) is 14.3 Å². The van der Waals surface area contributed by atoms with Gasteiger partial charge < -0.3 is 15.2 Å². The number of nitrogens with one attached hydrogen (secondary N) is 1. The van der Waals surface area contributed by atoms with Gasteiger partial charge in [0.2, 0.25) is 0 Å². The Balaban J connectivity index is 2.54. The predicted molar refractivity (Wildman–Crippen MR) is 75.0 cm³/mol. The molecule has 0 aliphatic rings. The molecule has 0 heterocycles. The Labute approximate surface area is 119 Å². The third-order valence-electron chi connectivity index (χ3n) is 3.18. The predicted octanol–water partition coefficient (Wildman–Crippen LogP) is 2.42. The van der Waals surface area contributed by atoms with Crippen LogP contribution in [0, 0.1) is 11.7 Å². The maximum Gasteiger partial charge on any atom is 0.258 e. The van der Waals surface area contributed by atoms with E-state index in [2.05, 4.69) is 5.32 Å². The first-order valence-electron chi connectivity index (χ1n) is 6.71. The third kappa shape index (κ3) is 4.81. The maximum atomic E-state index is 13.6. The van der Waals surface area contributed by atoms with Crippen LogP contribution in [0.15, 0.2) is 18.2 Å². The zero-order chi connectivity index (χ0) is 15.3. The van der Waals surface area contributed by atoms with Gasteiger partial charge in [-0.2, -0.15) is 0 Å². The Bertz CT molecular complexity index is 460. The first-order valence-corrected chi connectivity index (χ1v) is 6.71. The third-order valence-corrected chi connectivity index (χ3v) is 3.18. The van der Waals surface area contributed by atoms with Crippen molar-refractivity contribution in [1.29, 1.82) is 0 Å². The van der Waals surface area contributed by atoms with Crippen LogP contribution in [0.3, 0.4) is 0 Å². The highest BCUT2D eigenvalue weighted by Crippen LogP contribution is 2.21. The van der Waals surface area contributed by atoms with E-state index in [4.69, 9.17) is 4.74 Å². The number of ether oxygens (including phenoxy) is 1. The number of aliphatic hydroxyl groups excluding tert-OH is 1. The molecule has 2 atom stereocenters. The largest absolute Gasteiger partial charge is 0.484 e. The maximum absolute atomic E-state index is 13.6. The van der Waals surface area contributed by atoms with Crippen LogP contribution >= 0.6 is 0 Å². The lowest BCUT2D eigenvalue weighted by Crippen LogP contribution is -2.38. The lowest BCUT2D eigenvalue weighted by molar-refractivity contribution is -0.124. The topological polar surface area (TPSA) is 58.6 Å². The fourth-order valence-electron chi connectivity index (χ4n) is 1.55. The molecule has 0 radical (unpaired) electrons. The molecule has 0 fully saturated rings. The summed E-state index contributed by atoms with van der Waals surface area (Å²) in [6.07, 6.45) is -0.876. The quantitative estimate of drug-likeness (QED) is 0.843. The van der Waals surface area contributed by atoms with Gasteiger partial charge >= 0.3 is 0 Å². The van der Waals surface area contributed by atoms with Gasteiger partial charge in [0.25, 0.3) is 5.91 Å². The number of aliphatic hydroxyl groups is 1. The summed E-state index contributed by atoms with van der Waals surface area (Å²) in [6, 6.07) is 4.20. The molecule has 0 spiro atoms. The molecule has 0 saturated heterocycles. The van der Waals surface area contributed by atoms with Crippen LogP contribution in [0.25, 0.3) is 0 Å². The molecule has 1 rings (SSSR count). The molecule has 0 aromatic heterocycles. The molecule has 2 N–H and O–H groups in total. The summed E-state index contributed by atoms with van der Waals surface area (Å²) in [5.41, 5.74) is 0.204. The molecular formula is C15H22FNO3. The molecule has 1 amide bonds. The second kappa shape index (κ2) is 7.24. The fourth-order valence-corrected chi connectivity index (χ4v) is 1.55. The molecule has 0 saturated carbocycles. The summed E-state index contributed by atoms with van der Waals surface area (Å²) in [4.78, 5) is 11.6. The molecule has 1 unspecified atom stereocenters. The van der Waals surface area contributed by atoms with Gasteiger partial charge in [-0.15, -0.1) is 0 Å². The average molecular weight is 283 g/mol. The molecule has 0 aliphatic carbocycles. The zero-order valence-electron chi connectivity index (χ0n) is 12.3. The molecule has 1 aromatic rings. The summed E-state index contributed by atoms with van der Waals surface area (Å²) in [6.45, 7) is 7.26. The van der Waals surface area contributed by atoms with E-state index < -0.39 is 11.9 Å². The van der Waals surface area contributed by atoms with Gasteiger partial charge in [0.15, 0.2) is 6.61 Å². The van der Waals surface area contributed by atoms with Gasteiger partial charge in [-0.3, -0.25) is 4.79 Å². The van der Waals surface area contributed by atoms with Crippen LogP contribution in [-0.4, -0.2) is 23.7 Å². The number of carbonyl (C=O) groups excluding carboxylic acids is 1. The van der Waals surface area contributed by atoms with Crippen LogP contribution in [0.4, 0.5) is 4.39 Å². The van der Waals surface area contributed by atoms with Crippen molar-refractivity contribution >= 4 is 5.91 Å². The van der Waals surface area contributed by atoms with Crippen molar-refractivity contribution in [3.8, 4) is 5.75 Å². The number of hydrogen-bond acceptors (Lipinski definition) is 3. The van der Waals surface area contributed by atoms with Gasteiger partial charge in [-0.1, -0.05) is 13.8 Å². The molecule has 1 aromatic carbocycles. The number of hydrogen-bond donors (Lipinski definition) is 2. The number of benzene rings is 1. The Kier molecular flexibility index (Phi) is 5.95. The van der Waals surface area contributed by atoms with Crippen molar-refractivity contribution in [2.75, 3.05) is 6.61 Å². The van der Waals surface area contributed by atoms with Crippen molar-refractivity contribution in [2.24, 2.45) is 5.92 Å². The van der Waals surface area contributed by atoms with Gasteiger partial charge in [0.05, 0.1) is 6.10 Å². The van der Waals surface area contributed by atoms with Crippen molar-refractivity contribution in [2.45, 2.75) is 39.8 Å². The van der Waals surface area contributed by atoms with E-state index in [0.717, 1.165) is 0 Å². The summed E-state index contributed by atoms with van der Waals surface area (Å²) in [5, 5.41) is 12.1. The highest BCUT2D eigenvalue weighted by molar-refractivity contribution is 5.77. The van der Waals surface area contributed by atoms with Crippen LogP contribution in [-0.2, 0) is 4.79 Å². The molecular weight excluding hydrogens is 261 g/mol. The molecule has 5 heteroatoms. The minimum atomic E-state index is -0.876. The Hall–Kier alpha value is -1.62. The van der Waals surface area contributed by atoms with Crippen molar-refractivity contribution < 1.29 is 19.0 Å². The summed E-state index contributed by atoms with van der Waals surface area (Å²) in [5.74, 6) is -0.194. The van der Waals surface area contributed by atoms with Gasteiger partial charge in [0.1, 0.15) is 11.6 Å². The van der Waals surface area contributed by atoms with Gasteiger partial charge in [-0.25, -0.2) is 4.39 Å². The highest BCUT2D eigenvalue weighted by Gasteiger charge is 2.12. The number of amides is 1. The number of carbonyl (C=O) groups is 1. The number of rotatable bonds is 6. The smallest absolute Gasteiger partial charge is 0.258 e. The lowest BCUT2D eigenvalue weighted by Gasteiger charge is -2.17. The Morgan fingerprint density at radius 2 is 2.00 bits per heavy atom. The molecule has 20 heavy (non-hydrogen) atoms. The second-order valence-electron chi connectivity index (χ2n) is 5.25. The average Bonchev–Trinajstić information content (AvgIpc) is 2.35. The van der Waals surface area contributed by atoms with E-state index in [1.165, 1.54) is 25.1 Å². The molecule has 0 bridgehead atoms. The summed E-state index contributed by atoms with van der Waals surface area (Å²) < 4.78 is 18.8. The van der Waals surface area contributed by atoms with Crippen LogP contribution in [0.5, 0.6) is 5.75 Å². The first kappa shape index (κ1) is 16.4. The van der Waals surface area contributed by atoms with Gasteiger partial charge in [0, 0.05) is 17.7 Å². The van der Waals surface area contributed by atoms with E-state index in [1.54, 1.807) is 0 Å². The van der Waals surface area contributed by atoms with E-state index >= 15 is 0 Å². The van der Waals surface area contributed by atoms with Crippen molar-refractivity contribution in [1.82, 2.24) is 5.32 Å². The highest BCUT2D eigenvalue weighted by atomic mass is 19.1. The summed E-state index contributed by atoms with van der Waals surface area (Å²) >= 11 is 0. The lowest BCUT2D eigenvalue weighted by atomic mass is 10.1.